The minimum Gasteiger partial charge on any atom is -0.106 e. The summed E-state index contributed by atoms with van der Waals surface area (Å²) in [5.41, 5.74) is 12.3. The Morgan fingerprint density at radius 2 is 0.893 bits per heavy atom. The molecule has 4 aromatic carbocycles. The quantitative estimate of drug-likeness (QED) is 0.253. The van der Waals surface area contributed by atoms with E-state index in [2.05, 4.69) is 111 Å². The van der Waals surface area contributed by atoms with Crippen molar-refractivity contribution in [1.29, 1.82) is 0 Å². The Labute approximate surface area is 166 Å². The first kappa shape index (κ1) is 16.8. The number of hydrogen-bond acceptors (Lipinski definition) is 0. The van der Waals surface area contributed by atoms with Gasteiger partial charge >= 0.3 is 0 Å². The molecule has 6 rings (SSSR count). The predicted octanol–water partition coefficient (Wildman–Crippen LogP) is 7.14. The van der Waals surface area contributed by atoms with E-state index in [-0.39, 0.29) is 5.41 Å². The van der Waals surface area contributed by atoms with Gasteiger partial charge in [0.25, 0.3) is 0 Å². The molecule has 0 saturated carbocycles. The fourth-order valence-corrected chi connectivity index (χ4v) is 5.21. The molecular weight excluding hydrogens is 336 g/mol. The van der Waals surface area contributed by atoms with Gasteiger partial charge < -0.3 is 0 Å². The molecule has 0 bridgehead atoms. The summed E-state index contributed by atoms with van der Waals surface area (Å²) in [5.74, 6) is 0. The van der Waals surface area contributed by atoms with Gasteiger partial charge in [0.15, 0.2) is 0 Å². The third-order valence-corrected chi connectivity index (χ3v) is 6.15. The van der Waals surface area contributed by atoms with Crippen molar-refractivity contribution >= 4 is 0 Å². The Balaban J connectivity index is 0.000000829. The van der Waals surface area contributed by atoms with Crippen LogP contribution >= 0.6 is 0 Å². The molecule has 28 heavy (non-hydrogen) atoms. The summed E-state index contributed by atoms with van der Waals surface area (Å²) < 4.78 is 0. The third-order valence-electron chi connectivity index (χ3n) is 6.15. The summed E-state index contributed by atoms with van der Waals surface area (Å²) >= 11 is 0. The molecule has 0 fully saturated rings. The van der Waals surface area contributed by atoms with Crippen LogP contribution in [0.2, 0.25) is 0 Å². The van der Waals surface area contributed by atoms with Crippen molar-refractivity contribution in [3.05, 3.63) is 132 Å². The van der Waals surface area contributed by atoms with Crippen LogP contribution in [0, 0.1) is 6.92 Å². The summed E-state index contributed by atoms with van der Waals surface area (Å²) in [6.07, 6.45) is 0. The molecule has 0 aromatic heterocycles. The van der Waals surface area contributed by atoms with Gasteiger partial charge in [-0.2, -0.15) is 0 Å². The van der Waals surface area contributed by atoms with Gasteiger partial charge in [-0.3, -0.25) is 0 Å². The van der Waals surface area contributed by atoms with Gasteiger partial charge in [-0.05, 0) is 51.4 Å². The molecular formula is C28H22. The maximum absolute atomic E-state index is 3.00. The normalized spacial score (nSPS) is 13.8. The lowest BCUT2D eigenvalue weighted by molar-refractivity contribution is 0.792. The van der Waals surface area contributed by atoms with E-state index in [1.165, 1.54) is 50.1 Å². The first-order chi connectivity index (χ1) is 13.8. The minimum absolute atomic E-state index is 0.189. The average molecular weight is 358 g/mol. The van der Waals surface area contributed by atoms with E-state index in [0.29, 0.717) is 0 Å². The highest BCUT2D eigenvalue weighted by molar-refractivity contribution is 5.94. The van der Waals surface area contributed by atoms with Gasteiger partial charge in [0, 0.05) is 0 Å². The van der Waals surface area contributed by atoms with Crippen LogP contribution in [0.5, 0.6) is 0 Å². The van der Waals surface area contributed by atoms with Gasteiger partial charge in [0.05, 0.1) is 5.41 Å². The maximum atomic E-state index is 3.00. The van der Waals surface area contributed by atoms with Crippen LogP contribution in [0.1, 0.15) is 27.8 Å². The summed E-state index contributed by atoms with van der Waals surface area (Å²) in [5, 5.41) is 0. The van der Waals surface area contributed by atoms with Crippen molar-refractivity contribution in [1.82, 2.24) is 0 Å². The Bertz CT molecular complexity index is 1150. The highest BCUT2D eigenvalue weighted by Crippen LogP contribution is 2.62. The Morgan fingerprint density at radius 3 is 1.36 bits per heavy atom. The standard InChI is InChI=1S/C26H18.C2H4/c1-17-14-15-21-20-10-4-7-13-24(20)26(25(21)16-17)22-11-5-2-8-18(22)19-9-3-6-12-23(19)26;1-2/h2-16H,1H3;1-2H2. The summed E-state index contributed by atoms with van der Waals surface area (Å²) in [6, 6.07) is 33.8. The zero-order valence-electron chi connectivity index (χ0n) is 16.1. The Hall–Kier alpha value is -3.38. The van der Waals surface area contributed by atoms with Gasteiger partial charge in [-0.15, -0.1) is 13.2 Å². The Kier molecular flexibility index (Phi) is 3.64. The predicted molar refractivity (Wildman–Crippen MR) is 119 cm³/mol. The fraction of sp³-hybridized carbons (Fsp3) is 0.0714. The highest BCUT2D eigenvalue weighted by Gasteiger charge is 2.51. The molecule has 0 heterocycles. The first-order valence-electron chi connectivity index (χ1n) is 9.72. The molecule has 0 aliphatic heterocycles. The van der Waals surface area contributed by atoms with Crippen molar-refractivity contribution in [2.24, 2.45) is 0 Å². The highest BCUT2D eigenvalue weighted by atomic mass is 14.5. The summed E-state index contributed by atoms with van der Waals surface area (Å²) in [4.78, 5) is 0. The molecule has 2 aliphatic rings. The zero-order chi connectivity index (χ0) is 19.3. The van der Waals surface area contributed by atoms with Crippen molar-refractivity contribution in [2.75, 3.05) is 0 Å². The van der Waals surface area contributed by atoms with Gasteiger partial charge in [-0.1, -0.05) is 96.6 Å². The molecule has 4 aromatic rings. The third kappa shape index (κ3) is 1.90. The molecule has 0 N–H and O–H groups in total. The average Bonchev–Trinajstić information content (AvgIpc) is 3.22. The fourth-order valence-electron chi connectivity index (χ4n) is 5.21. The number of aryl methyl sites for hydroxylation is 1. The van der Waals surface area contributed by atoms with E-state index in [4.69, 9.17) is 0 Å². The van der Waals surface area contributed by atoms with Crippen LogP contribution in [-0.2, 0) is 5.41 Å². The lowest BCUT2D eigenvalue weighted by Gasteiger charge is -2.30. The largest absolute Gasteiger partial charge is 0.106 e. The second-order valence-electron chi connectivity index (χ2n) is 7.44. The second kappa shape index (κ2) is 6.07. The van der Waals surface area contributed by atoms with Crippen LogP contribution in [0.25, 0.3) is 22.3 Å². The van der Waals surface area contributed by atoms with E-state index in [0.717, 1.165) is 0 Å². The molecule has 0 amide bonds. The van der Waals surface area contributed by atoms with Crippen molar-refractivity contribution < 1.29 is 0 Å². The van der Waals surface area contributed by atoms with Crippen LogP contribution < -0.4 is 0 Å². The van der Waals surface area contributed by atoms with Crippen molar-refractivity contribution in [3.8, 4) is 22.3 Å². The molecule has 2 aliphatic carbocycles. The molecule has 0 atom stereocenters. The van der Waals surface area contributed by atoms with E-state index in [1.807, 2.05) is 0 Å². The van der Waals surface area contributed by atoms with Gasteiger partial charge in [0.2, 0.25) is 0 Å². The molecule has 0 saturated heterocycles. The monoisotopic (exact) mass is 358 g/mol. The minimum atomic E-state index is -0.189. The maximum Gasteiger partial charge on any atom is 0.0725 e. The number of hydrogen-bond donors (Lipinski definition) is 0. The summed E-state index contributed by atoms with van der Waals surface area (Å²) in [7, 11) is 0. The van der Waals surface area contributed by atoms with E-state index in [1.54, 1.807) is 0 Å². The summed E-state index contributed by atoms with van der Waals surface area (Å²) in [6.45, 7) is 8.20. The molecule has 0 unspecified atom stereocenters. The smallest absolute Gasteiger partial charge is 0.0725 e. The lowest BCUT2D eigenvalue weighted by Crippen LogP contribution is -2.25. The van der Waals surface area contributed by atoms with Crippen molar-refractivity contribution in [3.63, 3.8) is 0 Å². The lowest BCUT2D eigenvalue weighted by atomic mass is 9.70. The molecule has 0 radical (unpaired) electrons. The Morgan fingerprint density at radius 1 is 0.500 bits per heavy atom. The van der Waals surface area contributed by atoms with E-state index < -0.39 is 0 Å². The molecule has 0 nitrogen and oxygen atoms in total. The molecule has 0 heteroatoms. The first-order valence-corrected chi connectivity index (χ1v) is 9.72. The zero-order valence-corrected chi connectivity index (χ0v) is 16.1. The van der Waals surface area contributed by atoms with Gasteiger partial charge in [-0.25, -0.2) is 0 Å². The van der Waals surface area contributed by atoms with Crippen LogP contribution in [0.4, 0.5) is 0 Å². The van der Waals surface area contributed by atoms with Crippen LogP contribution in [-0.4, -0.2) is 0 Å². The van der Waals surface area contributed by atoms with Crippen molar-refractivity contribution in [2.45, 2.75) is 12.3 Å². The second-order valence-corrected chi connectivity index (χ2v) is 7.44. The molecule has 134 valence electrons. The van der Waals surface area contributed by atoms with E-state index in [9.17, 15) is 0 Å². The van der Waals surface area contributed by atoms with Crippen LogP contribution in [0.3, 0.4) is 0 Å². The van der Waals surface area contributed by atoms with Gasteiger partial charge in [0.1, 0.15) is 0 Å². The molecule has 1 spiro atoms. The van der Waals surface area contributed by atoms with E-state index >= 15 is 0 Å². The SMILES string of the molecule is C=C.Cc1ccc2c(c1)C1(c3ccccc3-c3ccccc31)c1ccccc1-2. The topological polar surface area (TPSA) is 0 Å². The van der Waals surface area contributed by atoms with Crippen LogP contribution in [0.15, 0.2) is 104 Å². The number of benzene rings is 4. The number of fused-ring (bicyclic) bond motifs is 10. The number of rotatable bonds is 0.